The fourth-order valence-corrected chi connectivity index (χ4v) is 3.83. The van der Waals surface area contributed by atoms with Crippen molar-refractivity contribution in [1.29, 1.82) is 0 Å². The third-order valence-electron chi connectivity index (χ3n) is 5.47. The highest BCUT2D eigenvalue weighted by atomic mass is 19.2. The van der Waals surface area contributed by atoms with E-state index in [1.54, 1.807) is 0 Å². The molecule has 1 fully saturated rings. The molecule has 0 aliphatic heterocycles. The fraction of sp³-hybridized carbons (Fsp3) is 0.417. The summed E-state index contributed by atoms with van der Waals surface area (Å²) in [6.45, 7) is 2.27. The van der Waals surface area contributed by atoms with Gasteiger partial charge in [-0.2, -0.15) is 0 Å². The Labute approximate surface area is 155 Å². The van der Waals surface area contributed by atoms with E-state index in [9.17, 15) is 8.78 Å². The summed E-state index contributed by atoms with van der Waals surface area (Å²) >= 11 is 0. The van der Waals surface area contributed by atoms with Crippen LogP contribution in [0.3, 0.4) is 0 Å². The van der Waals surface area contributed by atoms with Gasteiger partial charge in [-0.15, -0.1) is 0 Å². The third-order valence-corrected chi connectivity index (χ3v) is 5.47. The molecule has 0 saturated heterocycles. The van der Waals surface area contributed by atoms with Crippen LogP contribution in [0.25, 0.3) is 0 Å². The molecular weight excluding hydrogens is 326 g/mol. The topological polar surface area (TPSA) is 0 Å². The molecule has 0 N–H and O–H groups in total. The summed E-state index contributed by atoms with van der Waals surface area (Å²) in [5.41, 5.74) is 2.78. The lowest BCUT2D eigenvalue weighted by molar-refractivity contribution is 0.304. The molecule has 2 aromatic rings. The third kappa shape index (κ3) is 4.94. The van der Waals surface area contributed by atoms with Crippen LogP contribution >= 0.6 is 0 Å². The van der Waals surface area contributed by atoms with Gasteiger partial charge in [0.1, 0.15) is 0 Å². The van der Waals surface area contributed by atoms with Crippen LogP contribution in [-0.2, 0) is 0 Å². The Kier molecular flexibility index (Phi) is 6.45. The van der Waals surface area contributed by atoms with Gasteiger partial charge in [0.05, 0.1) is 0 Å². The fourth-order valence-electron chi connectivity index (χ4n) is 3.83. The lowest BCUT2D eigenvalue weighted by Gasteiger charge is -2.28. The maximum absolute atomic E-state index is 13.2. The van der Waals surface area contributed by atoms with Crippen LogP contribution in [0.4, 0.5) is 8.78 Å². The number of rotatable bonds is 4. The molecule has 0 aromatic heterocycles. The van der Waals surface area contributed by atoms with Crippen molar-refractivity contribution >= 4 is 0 Å². The smallest absolute Gasteiger partial charge is 0.160 e. The van der Waals surface area contributed by atoms with E-state index >= 15 is 0 Å². The summed E-state index contributed by atoms with van der Waals surface area (Å²) in [6, 6.07) is 12.2. The molecular formula is C24H26F2. The Morgan fingerprint density at radius 3 is 2.15 bits per heavy atom. The van der Waals surface area contributed by atoms with Gasteiger partial charge in [-0.1, -0.05) is 50.2 Å². The van der Waals surface area contributed by atoms with Crippen molar-refractivity contribution in [3.05, 3.63) is 70.8 Å². The molecule has 0 heterocycles. The van der Waals surface area contributed by atoms with E-state index in [1.165, 1.54) is 56.6 Å². The monoisotopic (exact) mass is 352 g/mol. The Hall–Kier alpha value is -2.14. The van der Waals surface area contributed by atoms with Crippen LogP contribution in [0.15, 0.2) is 42.5 Å². The van der Waals surface area contributed by atoms with Crippen molar-refractivity contribution in [3.8, 4) is 11.8 Å². The second-order valence-electron chi connectivity index (χ2n) is 7.36. The van der Waals surface area contributed by atoms with E-state index in [-0.39, 0.29) is 0 Å². The number of unbranched alkanes of at least 4 members (excludes halogenated alkanes) is 1. The van der Waals surface area contributed by atoms with Crippen LogP contribution in [0.2, 0.25) is 0 Å². The molecule has 0 bridgehead atoms. The number of benzene rings is 2. The highest BCUT2D eigenvalue weighted by Crippen LogP contribution is 2.37. The quantitative estimate of drug-likeness (QED) is 0.529. The molecule has 0 nitrogen and oxygen atoms in total. The average Bonchev–Trinajstić information content (AvgIpc) is 2.68. The summed E-state index contributed by atoms with van der Waals surface area (Å²) in [5.74, 6) is 5.81. The van der Waals surface area contributed by atoms with Gasteiger partial charge < -0.3 is 0 Å². The second kappa shape index (κ2) is 8.99. The standard InChI is InChI=1S/C24H26F2/c1-2-3-4-18-7-12-21(13-8-18)22-14-9-19(10-15-22)5-6-20-11-16-23(25)24(26)17-20/h9-11,14-18,21H,2-4,7-8,12-13H2,1H3. The number of hydrogen-bond donors (Lipinski definition) is 0. The molecule has 1 saturated carbocycles. The predicted octanol–water partition coefficient (Wildman–Crippen LogP) is 6.83. The maximum Gasteiger partial charge on any atom is 0.160 e. The molecule has 3 rings (SSSR count). The Balaban J connectivity index is 1.59. The zero-order valence-corrected chi connectivity index (χ0v) is 15.4. The maximum atomic E-state index is 13.2. The first-order chi connectivity index (χ1) is 12.7. The van der Waals surface area contributed by atoms with E-state index in [4.69, 9.17) is 0 Å². The van der Waals surface area contributed by atoms with Crippen LogP contribution in [-0.4, -0.2) is 0 Å². The van der Waals surface area contributed by atoms with Crippen LogP contribution in [0.5, 0.6) is 0 Å². The molecule has 0 atom stereocenters. The lowest BCUT2D eigenvalue weighted by Crippen LogP contribution is -2.13. The van der Waals surface area contributed by atoms with Gasteiger partial charge in [0, 0.05) is 11.1 Å². The van der Waals surface area contributed by atoms with Crippen molar-refractivity contribution < 1.29 is 8.78 Å². The Morgan fingerprint density at radius 1 is 0.846 bits per heavy atom. The molecule has 2 aromatic carbocycles. The van der Waals surface area contributed by atoms with Gasteiger partial charge in [0.25, 0.3) is 0 Å². The summed E-state index contributed by atoms with van der Waals surface area (Å²) in [7, 11) is 0. The van der Waals surface area contributed by atoms with Crippen molar-refractivity contribution in [2.24, 2.45) is 5.92 Å². The lowest BCUT2D eigenvalue weighted by atomic mass is 9.77. The van der Waals surface area contributed by atoms with E-state index in [0.717, 1.165) is 23.6 Å². The highest BCUT2D eigenvalue weighted by molar-refractivity contribution is 5.44. The minimum absolute atomic E-state index is 0.485. The van der Waals surface area contributed by atoms with E-state index in [1.807, 2.05) is 12.1 Å². The molecule has 1 aliphatic carbocycles. The summed E-state index contributed by atoms with van der Waals surface area (Å²) in [6.07, 6.45) is 9.32. The van der Waals surface area contributed by atoms with Crippen LogP contribution in [0, 0.1) is 29.4 Å². The normalized spacial score (nSPS) is 19.7. The first kappa shape index (κ1) is 18.6. The van der Waals surface area contributed by atoms with E-state index in [0.29, 0.717) is 11.5 Å². The molecule has 0 spiro atoms. The van der Waals surface area contributed by atoms with Crippen molar-refractivity contribution in [2.45, 2.75) is 57.8 Å². The Bertz CT molecular complexity index is 772. The summed E-state index contributed by atoms with van der Waals surface area (Å²) < 4.78 is 26.2. The Morgan fingerprint density at radius 2 is 1.50 bits per heavy atom. The summed E-state index contributed by atoms with van der Waals surface area (Å²) in [5, 5.41) is 0. The van der Waals surface area contributed by atoms with Crippen LogP contribution < -0.4 is 0 Å². The minimum Gasteiger partial charge on any atom is -0.204 e. The molecule has 26 heavy (non-hydrogen) atoms. The first-order valence-electron chi connectivity index (χ1n) is 9.72. The number of hydrogen-bond acceptors (Lipinski definition) is 0. The van der Waals surface area contributed by atoms with Crippen molar-refractivity contribution in [1.82, 2.24) is 0 Å². The number of halogens is 2. The molecule has 0 unspecified atom stereocenters. The SMILES string of the molecule is CCCCC1CCC(c2ccc(C#Cc3ccc(F)c(F)c3)cc2)CC1. The van der Waals surface area contributed by atoms with Gasteiger partial charge in [-0.05, 0) is 73.4 Å². The second-order valence-corrected chi connectivity index (χ2v) is 7.36. The van der Waals surface area contributed by atoms with Crippen molar-refractivity contribution in [3.63, 3.8) is 0 Å². The molecule has 1 aliphatic rings. The molecule has 0 radical (unpaired) electrons. The van der Waals surface area contributed by atoms with Crippen molar-refractivity contribution in [2.75, 3.05) is 0 Å². The van der Waals surface area contributed by atoms with Crippen LogP contribution in [0.1, 0.15) is 74.5 Å². The zero-order valence-electron chi connectivity index (χ0n) is 15.4. The molecule has 136 valence electrons. The predicted molar refractivity (Wildman–Crippen MR) is 103 cm³/mol. The molecule has 0 amide bonds. The minimum atomic E-state index is -0.860. The highest BCUT2D eigenvalue weighted by Gasteiger charge is 2.21. The van der Waals surface area contributed by atoms with E-state index < -0.39 is 11.6 Å². The zero-order chi connectivity index (χ0) is 18.4. The van der Waals surface area contributed by atoms with Gasteiger partial charge in [0.2, 0.25) is 0 Å². The average molecular weight is 352 g/mol. The largest absolute Gasteiger partial charge is 0.204 e. The van der Waals surface area contributed by atoms with Gasteiger partial charge in [-0.3, -0.25) is 0 Å². The van der Waals surface area contributed by atoms with Gasteiger partial charge >= 0.3 is 0 Å². The first-order valence-corrected chi connectivity index (χ1v) is 9.72. The summed E-state index contributed by atoms with van der Waals surface area (Å²) in [4.78, 5) is 0. The molecule has 2 heteroatoms. The van der Waals surface area contributed by atoms with E-state index in [2.05, 4.69) is 30.9 Å². The van der Waals surface area contributed by atoms with Gasteiger partial charge in [-0.25, -0.2) is 8.78 Å². The van der Waals surface area contributed by atoms with Gasteiger partial charge in [0.15, 0.2) is 11.6 Å².